The molecule has 4 saturated carbocycles. The van der Waals surface area contributed by atoms with Crippen molar-refractivity contribution in [2.75, 3.05) is 19.8 Å². The molecule has 8 rings (SSSR count). The fraction of sp³-hybridized carbons (Fsp3) is 0.945. The fourth-order valence-electron chi connectivity index (χ4n) is 16.2. The molecule has 21 nitrogen and oxygen atoms in total. The van der Waals surface area contributed by atoms with Crippen LogP contribution in [0.3, 0.4) is 0 Å². The van der Waals surface area contributed by atoms with Crippen molar-refractivity contribution in [3.05, 3.63) is 11.6 Å². The van der Waals surface area contributed by atoms with Crippen molar-refractivity contribution in [1.29, 1.82) is 0 Å². The van der Waals surface area contributed by atoms with E-state index in [1.165, 1.54) is 19.4 Å². The van der Waals surface area contributed by atoms with Gasteiger partial charge in [0.2, 0.25) is 0 Å². The van der Waals surface area contributed by atoms with E-state index in [4.69, 9.17) is 37.9 Å². The third-order valence-electron chi connectivity index (χ3n) is 21.1. The second kappa shape index (κ2) is 22.3. The van der Waals surface area contributed by atoms with E-state index in [0.717, 1.165) is 44.9 Å². The second-order valence-corrected chi connectivity index (χ2v) is 26.3. The van der Waals surface area contributed by atoms with Gasteiger partial charge in [0.25, 0.3) is 0 Å². The minimum Gasteiger partial charge on any atom is -0.479 e. The van der Waals surface area contributed by atoms with Crippen molar-refractivity contribution in [3.63, 3.8) is 0 Å². The predicted molar refractivity (Wildman–Crippen MR) is 267 cm³/mol. The Bertz CT molecular complexity index is 2040. The monoisotopic (exact) mass is 1090 g/mol. The van der Waals surface area contributed by atoms with Crippen LogP contribution in [0, 0.1) is 50.2 Å². The molecule has 438 valence electrons. The van der Waals surface area contributed by atoms with Crippen LogP contribution in [0.4, 0.5) is 0 Å². The first-order valence-electron chi connectivity index (χ1n) is 27.9. The number of allylic oxidation sites excluding steroid dienone is 2. The first-order valence-corrected chi connectivity index (χ1v) is 27.9. The molecule has 76 heavy (non-hydrogen) atoms. The van der Waals surface area contributed by atoms with E-state index in [9.17, 15) is 66.1 Å². The summed E-state index contributed by atoms with van der Waals surface area (Å²) in [4.78, 5) is 12.6. The second-order valence-electron chi connectivity index (χ2n) is 26.3. The van der Waals surface area contributed by atoms with Crippen molar-refractivity contribution >= 4 is 5.97 Å². The van der Waals surface area contributed by atoms with Crippen LogP contribution in [-0.4, -0.2) is 210 Å². The van der Waals surface area contributed by atoms with Gasteiger partial charge in [0, 0.05) is 17.3 Å². The molecule has 0 aromatic carbocycles. The lowest BCUT2D eigenvalue weighted by molar-refractivity contribution is -0.367. The number of ether oxygens (including phenoxy) is 8. The van der Waals surface area contributed by atoms with E-state index in [1.807, 2.05) is 6.92 Å². The molecule has 27 atom stereocenters. The van der Waals surface area contributed by atoms with Gasteiger partial charge in [-0.25, -0.2) is 4.79 Å². The summed E-state index contributed by atoms with van der Waals surface area (Å²) < 4.78 is 49.8. The summed E-state index contributed by atoms with van der Waals surface area (Å²) in [7, 11) is 0. The molecule has 21 heteroatoms. The molecule has 0 spiro atoms. The molecule has 3 saturated heterocycles. The van der Waals surface area contributed by atoms with Crippen LogP contribution in [0.5, 0.6) is 0 Å². The van der Waals surface area contributed by atoms with Gasteiger partial charge in [-0.1, -0.05) is 60.1 Å². The summed E-state index contributed by atoms with van der Waals surface area (Å²) in [5.41, 5.74) is -0.560. The van der Waals surface area contributed by atoms with Gasteiger partial charge in [0.15, 0.2) is 31.3 Å². The fourth-order valence-corrected chi connectivity index (χ4v) is 16.2. The highest BCUT2D eigenvalue weighted by Gasteiger charge is 2.70. The van der Waals surface area contributed by atoms with E-state index in [0.29, 0.717) is 12.8 Å². The highest BCUT2D eigenvalue weighted by atomic mass is 16.8. The number of aliphatic hydroxyl groups is 11. The van der Waals surface area contributed by atoms with E-state index in [-0.39, 0.29) is 57.5 Å². The lowest BCUT2D eigenvalue weighted by Crippen LogP contribution is -2.67. The lowest BCUT2D eigenvalue weighted by atomic mass is 9.33. The number of fused-ring (bicyclic) bond motifs is 7. The molecule has 7 fully saturated rings. The van der Waals surface area contributed by atoms with Crippen LogP contribution in [0.15, 0.2) is 11.6 Å². The number of carbonyl (C=O) groups is 1. The molecular formula is C55H92O21. The van der Waals surface area contributed by atoms with Crippen LogP contribution >= 0.6 is 0 Å². The molecular weight excluding hydrogens is 997 g/mol. The number of hydrogen-bond donors (Lipinski definition) is 12. The van der Waals surface area contributed by atoms with Gasteiger partial charge < -0.3 is 99.2 Å². The topological polar surface area (TPSA) is 334 Å². The Labute approximate surface area is 446 Å². The summed E-state index contributed by atoms with van der Waals surface area (Å²) in [6.45, 7) is 18.8. The molecule has 0 aromatic rings. The third-order valence-corrected chi connectivity index (χ3v) is 21.1. The van der Waals surface area contributed by atoms with Gasteiger partial charge in [-0.3, -0.25) is 0 Å². The zero-order valence-corrected chi connectivity index (χ0v) is 46.1. The number of aliphatic carboxylic acids is 1. The van der Waals surface area contributed by atoms with Crippen LogP contribution in [0.2, 0.25) is 0 Å². The van der Waals surface area contributed by atoms with Crippen molar-refractivity contribution < 1.29 is 104 Å². The quantitative estimate of drug-likeness (QED) is 0.0587. The number of carboxylic acid groups (broad SMARTS) is 1. The molecule has 20 unspecified atom stereocenters. The molecule has 0 amide bonds. The largest absolute Gasteiger partial charge is 0.479 e. The predicted octanol–water partition coefficient (Wildman–Crippen LogP) is 1.22. The van der Waals surface area contributed by atoms with Gasteiger partial charge in [0.05, 0.1) is 56.4 Å². The van der Waals surface area contributed by atoms with E-state index >= 15 is 0 Å². The standard InChI is InChI=1S/C55H92O21/c1-25(59)43(75-48-42(66)40(64)38(62)27(3)70-48)49(71-28(22-56)23-57)72-32-19-31(60)44(45(67)68)76-46(32)73-35-14-15-52(7)33(53(35,8)24-58)13-16-55(10)34(52)12-11-29-30-20-50(4,5)21-36(51(30,6)17-18-54(29,55)9)74-47-41(65)39(63)37(61)26(2)69-47/h11,25-28,30-44,46-49,56-66H,12-24H2,1-10H3,(H,67,68)/t25?,26?,27?,30?,31?,32?,33?,34?,35-,36+,37?,38?,39?,40?,41?,42?,43?,44?,46?,47?,48?,49?,51+,52-,53+,54+,55+/m0/s1. The molecule has 8 aliphatic rings. The van der Waals surface area contributed by atoms with E-state index in [1.54, 1.807) is 6.92 Å². The van der Waals surface area contributed by atoms with Crippen LogP contribution in [-0.2, 0) is 42.7 Å². The highest BCUT2D eigenvalue weighted by molar-refractivity contribution is 5.73. The number of rotatable bonds is 16. The van der Waals surface area contributed by atoms with E-state index < -0.39 is 148 Å². The number of aliphatic hydroxyl groups excluding tert-OH is 11. The Morgan fingerprint density at radius 3 is 1.89 bits per heavy atom. The van der Waals surface area contributed by atoms with Crippen LogP contribution < -0.4 is 0 Å². The van der Waals surface area contributed by atoms with Gasteiger partial charge >= 0.3 is 5.97 Å². The van der Waals surface area contributed by atoms with Gasteiger partial charge in [0.1, 0.15) is 54.9 Å². The summed E-state index contributed by atoms with van der Waals surface area (Å²) >= 11 is 0. The first-order chi connectivity index (χ1) is 35.4. The Morgan fingerprint density at radius 2 is 1.30 bits per heavy atom. The Morgan fingerprint density at radius 1 is 0.697 bits per heavy atom. The van der Waals surface area contributed by atoms with Crippen molar-refractivity contribution in [1.82, 2.24) is 0 Å². The van der Waals surface area contributed by atoms with Crippen LogP contribution in [0.1, 0.15) is 133 Å². The normalized spacial score (nSPS) is 50.6. The molecule has 0 bridgehead atoms. The molecule has 3 aliphatic heterocycles. The summed E-state index contributed by atoms with van der Waals surface area (Å²) in [6.07, 6.45) is -17.9. The minimum atomic E-state index is -1.81. The average Bonchev–Trinajstić information content (AvgIpc) is 3.44. The van der Waals surface area contributed by atoms with Crippen molar-refractivity contribution in [2.45, 2.75) is 256 Å². The molecule has 3 heterocycles. The SMILES string of the molecule is CC(O)C(OC1OC(C)C(O)C(O)C1O)C(OC(CO)CO)OC1CC(O)C(C(=O)O)OC1O[C@H]1CC[C@@]2(C)C(CC[C@]3(C)C2CC=C2C4CC(C)(C)C[C@@H](OC5OC(C)C(O)C(O)C5O)[C@]4(C)CC[C@]23C)[C@@]1(C)CO. The molecule has 12 N–H and O–H groups in total. The first kappa shape index (κ1) is 60.5. The van der Waals surface area contributed by atoms with Crippen molar-refractivity contribution in [2.24, 2.45) is 50.2 Å². The zero-order chi connectivity index (χ0) is 56.0. The minimum absolute atomic E-state index is 0.0835. The highest BCUT2D eigenvalue weighted by Crippen LogP contribution is 2.76. The molecule has 0 aromatic heterocycles. The Balaban J connectivity index is 1.06. The zero-order valence-electron chi connectivity index (χ0n) is 46.1. The molecule has 5 aliphatic carbocycles. The Kier molecular flexibility index (Phi) is 17.8. The smallest absolute Gasteiger partial charge is 0.335 e. The van der Waals surface area contributed by atoms with Gasteiger partial charge in [-0.05, 0) is 118 Å². The molecule has 0 radical (unpaired) electrons. The number of hydrogen-bond acceptors (Lipinski definition) is 20. The number of carboxylic acids is 1. The van der Waals surface area contributed by atoms with E-state index in [2.05, 4.69) is 47.6 Å². The maximum atomic E-state index is 12.6. The average molecular weight is 1090 g/mol. The summed E-state index contributed by atoms with van der Waals surface area (Å²) in [5, 5.41) is 128. The maximum Gasteiger partial charge on any atom is 0.335 e. The van der Waals surface area contributed by atoms with Crippen molar-refractivity contribution in [3.8, 4) is 0 Å². The third kappa shape index (κ3) is 10.4. The van der Waals surface area contributed by atoms with Gasteiger partial charge in [-0.2, -0.15) is 0 Å². The lowest BCUT2D eigenvalue weighted by Gasteiger charge is -2.72. The van der Waals surface area contributed by atoms with Crippen LogP contribution in [0.25, 0.3) is 0 Å². The Hall–Kier alpha value is -1.55. The summed E-state index contributed by atoms with van der Waals surface area (Å²) in [6, 6.07) is 0. The maximum absolute atomic E-state index is 12.6. The summed E-state index contributed by atoms with van der Waals surface area (Å²) in [5.74, 6) is -1.19. The van der Waals surface area contributed by atoms with Gasteiger partial charge in [-0.15, -0.1) is 0 Å².